The summed E-state index contributed by atoms with van der Waals surface area (Å²) in [5.41, 5.74) is 2.30. The molecule has 130 valence electrons. The molecule has 0 radical (unpaired) electrons. The molecule has 4 nitrogen and oxygen atoms in total. The molecule has 2 aromatic carbocycles. The summed E-state index contributed by atoms with van der Waals surface area (Å²) in [6.45, 7) is 1.77. The number of benzene rings is 2. The number of alkyl halides is 3. The highest BCUT2D eigenvalue weighted by molar-refractivity contribution is 6.17. The third kappa shape index (κ3) is 2.71. The Morgan fingerprint density at radius 1 is 0.962 bits per heavy atom. The van der Waals surface area contributed by atoms with E-state index in [-0.39, 0.29) is 0 Å². The second-order valence-electron chi connectivity index (χ2n) is 5.88. The topological polar surface area (TPSA) is 40.3 Å². The zero-order valence-corrected chi connectivity index (χ0v) is 13.7. The van der Waals surface area contributed by atoms with Gasteiger partial charge in [0.2, 0.25) is 0 Å². The molecule has 0 saturated heterocycles. The first-order valence-corrected chi connectivity index (χ1v) is 7.88. The maximum absolute atomic E-state index is 13.3. The van der Waals surface area contributed by atoms with Gasteiger partial charge in [0.15, 0.2) is 5.82 Å². The predicted molar refractivity (Wildman–Crippen MR) is 92.7 cm³/mol. The Bertz CT molecular complexity index is 986. The minimum atomic E-state index is -4.44. The van der Waals surface area contributed by atoms with Crippen molar-refractivity contribution >= 4 is 11.4 Å². The van der Waals surface area contributed by atoms with Crippen molar-refractivity contribution in [1.29, 1.82) is 0 Å². The van der Waals surface area contributed by atoms with Crippen LogP contribution < -0.4 is 4.90 Å². The van der Waals surface area contributed by atoms with E-state index < -0.39 is 11.7 Å². The number of rotatable bonds is 1. The first kappa shape index (κ1) is 16.3. The fourth-order valence-corrected chi connectivity index (χ4v) is 2.96. The molecule has 0 fully saturated rings. The second-order valence-corrected chi connectivity index (χ2v) is 5.88. The summed E-state index contributed by atoms with van der Waals surface area (Å²) in [5, 5.41) is 7.92. The van der Waals surface area contributed by atoms with Gasteiger partial charge in [0.25, 0.3) is 0 Å². The Morgan fingerprint density at radius 2 is 1.73 bits per heavy atom. The molecule has 0 unspecified atom stereocenters. The van der Waals surface area contributed by atoms with Gasteiger partial charge in [-0.15, -0.1) is 5.11 Å². The first-order valence-electron chi connectivity index (χ1n) is 7.88. The third-order valence-electron chi connectivity index (χ3n) is 4.16. The standard InChI is InChI=1S/C19H13F3N4/c1-12-10-24-25-17-11-23-18(13-5-3-2-4-6-13)15-8-7-14(19(20,21)22)9-16(15)26(12)17/h2-11H,1H3. The summed E-state index contributed by atoms with van der Waals surface area (Å²) in [5.74, 6) is 0.372. The minimum Gasteiger partial charge on any atom is -0.294 e. The van der Waals surface area contributed by atoms with E-state index >= 15 is 0 Å². The van der Waals surface area contributed by atoms with Crippen molar-refractivity contribution in [2.75, 3.05) is 4.90 Å². The van der Waals surface area contributed by atoms with Crippen molar-refractivity contribution in [3.8, 4) is 0 Å². The smallest absolute Gasteiger partial charge is 0.294 e. The maximum Gasteiger partial charge on any atom is 0.416 e. The molecular formula is C19H13F3N4. The van der Waals surface area contributed by atoms with Crippen LogP contribution in [0, 0.1) is 0 Å². The number of fused-ring (bicyclic) bond motifs is 3. The predicted octanol–water partition coefficient (Wildman–Crippen LogP) is 5.49. The average molecular weight is 354 g/mol. The molecule has 0 aromatic heterocycles. The fourth-order valence-electron chi connectivity index (χ4n) is 2.96. The van der Waals surface area contributed by atoms with Gasteiger partial charge in [-0.3, -0.25) is 9.89 Å². The molecule has 2 heterocycles. The van der Waals surface area contributed by atoms with Crippen LogP contribution >= 0.6 is 0 Å². The van der Waals surface area contributed by atoms with Crippen LogP contribution in [-0.2, 0) is 6.18 Å². The molecule has 4 rings (SSSR count). The van der Waals surface area contributed by atoms with E-state index in [1.807, 2.05) is 30.3 Å². The molecule has 2 aliphatic rings. The van der Waals surface area contributed by atoms with Crippen LogP contribution in [0.25, 0.3) is 0 Å². The molecule has 0 atom stereocenters. The molecule has 0 N–H and O–H groups in total. The Morgan fingerprint density at radius 3 is 2.46 bits per heavy atom. The molecule has 7 heteroatoms. The van der Waals surface area contributed by atoms with Gasteiger partial charge in [0.1, 0.15) is 0 Å². The third-order valence-corrected chi connectivity index (χ3v) is 4.16. The number of anilines is 1. The summed E-state index contributed by atoms with van der Waals surface area (Å²) in [6, 6.07) is 13.0. The van der Waals surface area contributed by atoms with Crippen LogP contribution in [0.15, 0.2) is 87.7 Å². The lowest BCUT2D eigenvalue weighted by atomic mass is 9.98. The molecule has 2 aromatic rings. The number of azo groups is 1. The lowest BCUT2D eigenvalue weighted by Gasteiger charge is -2.27. The number of aliphatic imine (C=N–C) groups is 1. The maximum atomic E-state index is 13.3. The molecular weight excluding hydrogens is 341 g/mol. The van der Waals surface area contributed by atoms with Crippen LogP contribution in [0.2, 0.25) is 0 Å². The molecule has 26 heavy (non-hydrogen) atoms. The number of nitrogens with zero attached hydrogens (tertiary/aromatic N) is 4. The number of halogens is 3. The van der Waals surface area contributed by atoms with E-state index in [9.17, 15) is 13.2 Å². The van der Waals surface area contributed by atoms with E-state index in [0.717, 1.165) is 17.7 Å². The van der Waals surface area contributed by atoms with Crippen molar-refractivity contribution in [2.24, 2.45) is 15.2 Å². The van der Waals surface area contributed by atoms with Crippen LogP contribution in [0.5, 0.6) is 0 Å². The highest BCUT2D eigenvalue weighted by Crippen LogP contribution is 2.39. The van der Waals surface area contributed by atoms with Gasteiger partial charge in [-0.2, -0.15) is 18.3 Å². The normalized spacial score (nSPS) is 16.2. The van der Waals surface area contributed by atoms with Crippen molar-refractivity contribution < 1.29 is 13.2 Å². The van der Waals surface area contributed by atoms with E-state index in [2.05, 4.69) is 15.2 Å². The highest BCUT2D eigenvalue weighted by Gasteiger charge is 2.33. The van der Waals surface area contributed by atoms with Crippen LogP contribution in [0.1, 0.15) is 23.6 Å². The SMILES string of the molecule is CC1=CN=NC2=CN=C(c3ccccc3)c3ccc(C(F)(F)F)cc3N12. The molecule has 0 bridgehead atoms. The van der Waals surface area contributed by atoms with Gasteiger partial charge in [0.05, 0.1) is 29.4 Å². The average Bonchev–Trinajstić information content (AvgIpc) is 2.79. The largest absolute Gasteiger partial charge is 0.416 e. The van der Waals surface area contributed by atoms with E-state index in [1.54, 1.807) is 11.8 Å². The summed E-state index contributed by atoms with van der Waals surface area (Å²) in [4.78, 5) is 6.13. The molecule has 0 amide bonds. The number of allylic oxidation sites excluding steroid dienone is 1. The quantitative estimate of drug-likeness (QED) is 0.668. The Kier molecular flexibility index (Phi) is 3.72. The zero-order valence-electron chi connectivity index (χ0n) is 13.7. The van der Waals surface area contributed by atoms with Crippen molar-refractivity contribution in [2.45, 2.75) is 13.1 Å². The summed E-state index contributed by atoms with van der Waals surface area (Å²) in [7, 11) is 0. The Balaban J connectivity index is 1.98. The first-order chi connectivity index (χ1) is 12.4. The van der Waals surface area contributed by atoms with Crippen LogP contribution in [-0.4, -0.2) is 5.71 Å². The summed E-state index contributed by atoms with van der Waals surface area (Å²) < 4.78 is 39.8. The van der Waals surface area contributed by atoms with Gasteiger partial charge in [-0.1, -0.05) is 36.4 Å². The van der Waals surface area contributed by atoms with Gasteiger partial charge >= 0.3 is 6.18 Å². The fraction of sp³-hybridized carbons (Fsp3) is 0.105. The Labute approximate surface area is 147 Å². The van der Waals surface area contributed by atoms with E-state index in [1.165, 1.54) is 18.5 Å². The zero-order chi connectivity index (χ0) is 18.3. The lowest BCUT2D eigenvalue weighted by molar-refractivity contribution is -0.137. The van der Waals surface area contributed by atoms with Gasteiger partial charge < -0.3 is 0 Å². The van der Waals surface area contributed by atoms with Crippen molar-refractivity contribution in [3.63, 3.8) is 0 Å². The summed E-state index contributed by atoms with van der Waals surface area (Å²) in [6.07, 6.45) is -1.41. The summed E-state index contributed by atoms with van der Waals surface area (Å²) >= 11 is 0. The minimum absolute atomic E-state index is 0.372. The number of hydrogen-bond acceptors (Lipinski definition) is 4. The van der Waals surface area contributed by atoms with Crippen LogP contribution in [0.4, 0.5) is 18.9 Å². The van der Waals surface area contributed by atoms with Gasteiger partial charge in [-0.25, -0.2) is 0 Å². The van der Waals surface area contributed by atoms with Crippen LogP contribution in [0.3, 0.4) is 0 Å². The van der Waals surface area contributed by atoms with E-state index in [4.69, 9.17) is 0 Å². The van der Waals surface area contributed by atoms with E-state index in [0.29, 0.717) is 28.5 Å². The molecule has 0 aliphatic carbocycles. The molecule has 0 spiro atoms. The lowest BCUT2D eigenvalue weighted by Crippen LogP contribution is -2.23. The van der Waals surface area contributed by atoms with Gasteiger partial charge in [-0.05, 0) is 19.1 Å². The second kappa shape index (κ2) is 5.94. The molecule has 2 aliphatic heterocycles. The van der Waals surface area contributed by atoms with Crippen molar-refractivity contribution in [3.05, 3.63) is 89.1 Å². The Hall–Kier alpha value is -3.22. The monoisotopic (exact) mass is 354 g/mol. The molecule has 0 saturated carbocycles. The van der Waals surface area contributed by atoms with Crippen molar-refractivity contribution in [1.82, 2.24) is 0 Å². The number of hydrogen-bond donors (Lipinski definition) is 0. The highest BCUT2D eigenvalue weighted by atomic mass is 19.4. The van der Waals surface area contributed by atoms with Gasteiger partial charge in [0, 0.05) is 16.8 Å².